The highest BCUT2D eigenvalue weighted by Gasteiger charge is 2.22. The summed E-state index contributed by atoms with van der Waals surface area (Å²) in [5.74, 6) is 1.00. The molecular formula is C17H22N4O4S. The molecule has 1 aromatic heterocycles. The molecule has 0 unspecified atom stereocenters. The summed E-state index contributed by atoms with van der Waals surface area (Å²) < 4.78 is 36.6. The van der Waals surface area contributed by atoms with Crippen molar-refractivity contribution >= 4 is 27.1 Å². The van der Waals surface area contributed by atoms with Crippen molar-refractivity contribution in [3.05, 3.63) is 36.0 Å². The number of pyridine rings is 1. The number of rotatable bonds is 6. The lowest BCUT2D eigenvalue weighted by atomic mass is 10.1. The molecular weight excluding hydrogens is 356 g/mol. The molecule has 0 saturated carbocycles. The monoisotopic (exact) mass is 378 g/mol. The van der Waals surface area contributed by atoms with Gasteiger partial charge in [-0.2, -0.15) is 0 Å². The topological polar surface area (TPSA) is 92.8 Å². The van der Waals surface area contributed by atoms with Crippen LogP contribution in [0.4, 0.5) is 17.1 Å². The van der Waals surface area contributed by atoms with Crippen molar-refractivity contribution in [2.24, 2.45) is 0 Å². The van der Waals surface area contributed by atoms with Gasteiger partial charge in [0.1, 0.15) is 18.0 Å². The van der Waals surface area contributed by atoms with Crippen LogP contribution in [-0.2, 0) is 16.6 Å². The minimum absolute atomic E-state index is 0.219. The molecule has 0 atom stereocenters. The first-order chi connectivity index (χ1) is 12.4. The largest absolute Gasteiger partial charge is 0.490 e. The second-order valence-electron chi connectivity index (χ2n) is 5.96. The molecule has 0 fully saturated rings. The third kappa shape index (κ3) is 4.00. The molecule has 0 amide bonds. The second-order valence-corrected chi connectivity index (χ2v) is 7.71. The molecule has 3 rings (SSSR count). The van der Waals surface area contributed by atoms with Crippen molar-refractivity contribution in [1.82, 2.24) is 10.3 Å². The summed E-state index contributed by atoms with van der Waals surface area (Å²) in [5, 5.41) is 3.13. The predicted octanol–water partition coefficient (Wildman–Crippen LogP) is 1.71. The quantitative estimate of drug-likeness (QED) is 0.790. The van der Waals surface area contributed by atoms with E-state index < -0.39 is 10.0 Å². The van der Waals surface area contributed by atoms with E-state index in [2.05, 4.69) is 26.0 Å². The van der Waals surface area contributed by atoms with Gasteiger partial charge in [0.05, 0.1) is 37.5 Å². The Morgan fingerprint density at radius 1 is 1.35 bits per heavy atom. The Balaban J connectivity index is 2.02. The Labute approximate surface area is 153 Å². The number of ether oxygens (including phenoxy) is 2. The first-order valence-electron chi connectivity index (χ1n) is 8.11. The van der Waals surface area contributed by atoms with Gasteiger partial charge in [-0.3, -0.25) is 4.72 Å². The molecule has 2 N–H and O–H groups in total. The number of anilines is 3. The summed E-state index contributed by atoms with van der Waals surface area (Å²) in [6, 6.07) is 7.73. The van der Waals surface area contributed by atoms with Crippen molar-refractivity contribution < 1.29 is 17.9 Å². The van der Waals surface area contributed by atoms with Gasteiger partial charge in [-0.1, -0.05) is 6.07 Å². The number of benzene rings is 1. The number of hydrogen-bond acceptors (Lipinski definition) is 7. The number of hydrogen-bond donors (Lipinski definition) is 2. The van der Waals surface area contributed by atoms with Crippen molar-refractivity contribution in [1.29, 1.82) is 0 Å². The molecule has 2 aromatic rings. The molecule has 26 heavy (non-hydrogen) atoms. The number of nitrogens with zero attached hydrogens (tertiary/aromatic N) is 2. The van der Waals surface area contributed by atoms with Crippen molar-refractivity contribution in [3.63, 3.8) is 0 Å². The lowest BCUT2D eigenvalue weighted by molar-refractivity contribution is 0.314. The Bertz CT molecular complexity index is 902. The summed E-state index contributed by atoms with van der Waals surface area (Å²) in [5.41, 5.74) is 3.09. The standard InChI is InChI=1S/C17H22N4O4S/c1-18-10-12-4-5-16-15(8-12)21(6-7-25-16)13-9-14(20-26(3,22)23)17(24-2)19-11-13/h4-5,8-9,11,18,20H,6-7,10H2,1-3H3. The summed E-state index contributed by atoms with van der Waals surface area (Å²) in [6.07, 6.45) is 2.75. The van der Waals surface area contributed by atoms with Gasteiger partial charge in [0.15, 0.2) is 0 Å². The zero-order valence-electron chi connectivity index (χ0n) is 14.9. The minimum Gasteiger partial charge on any atom is -0.490 e. The lowest BCUT2D eigenvalue weighted by Gasteiger charge is -2.32. The summed E-state index contributed by atoms with van der Waals surface area (Å²) in [6.45, 7) is 1.89. The smallest absolute Gasteiger partial charge is 0.238 e. The molecule has 1 aromatic carbocycles. The maximum atomic E-state index is 11.6. The number of methoxy groups -OCH3 is 1. The van der Waals surface area contributed by atoms with Crippen LogP contribution in [0.15, 0.2) is 30.5 Å². The highest BCUT2D eigenvalue weighted by molar-refractivity contribution is 7.92. The van der Waals surface area contributed by atoms with Crippen LogP contribution in [0, 0.1) is 0 Å². The van der Waals surface area contributed by atoms with Gasteiger partial charge in [0.25, 0.3) is 0 Å². The number of nitrogens with one attached hydrogen (secondary N) is 2. The highest BCUT2D eigenvalue weighted by atomic mass is 32.2. The van der Waals surface area contributed by atoms with E-state index in [1.54, 1.807) is 12.3 Å². The number of fused-ring (bicyclic) bond motifs is 1. The molecule has 140 valence electrons. The molecule has 0 radical (unpaired) electrons. The fraction of sp³-hybridized carbons (Fsp3) is 0.353. The Hall–Kier alpha value is -2.52. The zero-order chi connectivity index (χ0) is 18.7. The second kappa shape index (κ2) is 7.38. The SMILES string of the molecule is CNCc1ccc2c(c1)N(c1cnc(OC)c(NS(C)(=O)=O)c1)CCO2. The maximum absolute atomic E-state index is 11.6. The van der Waals surface area contributed by atoms with Gasteiger partial charge < -0.3 is 19.7 Å². The van der Waals surface area contributed by atoms with Gasteiger partial charge in [0, 0.05) is 6.54 Å². The Morgan fingerprint density at radius 3 is 2.85 bits per heavy atom. The van der Waals surface area contributed by atoms with Crippen LogP contribution < -0.4 is 24.4 Å². The average Bonchev–Trinajstić information content (AvgIpc) is 2.60. The third-order valence-corrected chi connectivity index (χ3v) is 4.50. The fourth-order valence-corrected chi connectivity index (χ4v) is 3.42. The summed E-state index contributed by atoms with van der Waals surface area (Å²) >= 11 is 0. The molecule has 8 nitrogen and oxygen atoms in total. The van der Waals surface area contributed by atoms with Crippen molar-refractivity contribution in [2.75, 3.05) is 43.2 Å². The lowest BCUT2D eigenvalue weighted by Crippen LogP contribution is -2.29. The number of aromatic nitrogens is 1. The first kappa shape index (κ1) is 18.3. The van der Waals surface area contributed by atoms with Crippen LogP contribution >= 0.6 is 0 Å². The van der Waals surface area contributed by atoms with Crippen LogP contribution in [0.1, 0.15) is 5.56 Å². The van der Waals surface area contributed by atoms with Gasteiger partial charge in [-0.25, -0.2) is 13.4 Å². The van der Waals surface area contributed by atoms with E-state index in [0.29, 0.717) is 18.8 Å². The first-order valence-corrected chi connectivity index (χ1v) is 10.00. The Kier molecular flexibility index (Phi) is 5.19. The van der Waals surface area contributed by atoms with E-state index in [4.69, 9.17) is 9.47 Å². The van der Waals surface area contributed by atoms with Crippen molar-refractivity contribution in [2.45, 2.75) is 6.54 Å². The van der Waals surface area contributed by atoms with Crippen LogP contribution in [0.5, 0.6) is 11.6 Å². The maximum Gasteiger partial charge on any atom is 0.238 e. The van der Waals surface area contributed by atoms with E-state index in [9.17, 15) is 8.42 Å². The molecule has 9 heteroatoms. The van der Waals surface area contributed by atoms with Crippen LogP contribution in [0.25, 0.3) is 0 Å². The van der Waals surface area contributed by atoms with Gasteiger partial charge in [-0.15, -0.1) is 0 Å². The fourth-order valence-electron chi connectivity index (χ4n) is 2.87. The summed E-state index contributed by atoms with van der Waals surface area (Å²) in [4.78, 5) is 6.30. The van der Waals surface area contributed by atoms with Gasteiger partial charge >= 0.3 is 0 Å². The molecule has 1 aliphatic heterocycles. The summed E-state index contributed by atoms with van der Waals surface area (Å²) in [7, 11) is -0.112. The molecule has 1 aliphatic rings. The van der Waals surface area contributed by atoms with E-state index in [1.807, 2.05) is 19.2 Å². The molecule has 0 bridgehead atoms. The van der Waals surface area contributed by atoms with Crippen LogP contribution in [-0.4, -0.2) is 47.0 Å². The molecule has 2 heterocycles. The predicted molar refractivity (Wildman–Crippen MR) is 101 cm³/mol. The van der Waals surface area contributed by atoms with Gasteiger partial charge in [-0.05, 0) is 30.8 Å². The van der Waals surface area contributed by atoms with E-state index in [1.165, 1.54) is 7.11 Å². The normalized spacial score (nSPS) is 13.7. The van der Waals surface area contributed by atoms with Crippen LogP contribution in [0.2, 0.25) is 0 Å². The molecule has 0 aliphatic carbocycles. The number of sulfonamides is 1. The minimum atomic E-state index is -3.45. The zero-order valence-corrected chi connectivity index (χ0v) is 15.8. The van der Waals surface area contributed by atoms with E-state index in [0.717, 1.165) is 35.5 Å². The van der Waals surface area contributed by atoms with E-state index in [-0.39, 0.29) is 5.88 Å². The van der Waals surface area contributed by atoms with Crippen LogP contribution in [0.3, 0.4) is 0 Å². The van der Waals surface area contributed by atoms with E-state index >= 15 is 0 Å². The van der Waals surface area contributed by atoms with Gasteiger partial charge in [0.2, 0.25) is 15.9 Å². The van der Waals surface area contributed by atoms with Crippen molar-refractivity contribution in [3.8, 4) is 11.6 Å². The Morgan fingerprint density at radius 2 is 2.15 bits per heavy atom. The molecule has 0 spiro atoms. The average molecular weight is 378 g/mol. The third-order valence-electron chi connectivity index (χ3n) is 3.90. The molecule has 0 saturated heterocycles. The highest BCUT2D eigenvalue weighted by Crippen LogP contribution is 2.39.